The molecule has 1 amide bonds. The molecule has 9 heteroatoms. The van der Waals surface area contributed by atoms with Gasteiger partial charge < -0.3 is 15.0 Å². The lowest BCUT2D eigenvalue weighted by Gasteiger charge is -2.38. The standard InChI is InChI=1S/C13H19N7O2/c1-19-11-10(17-18-19)12(16-8-15-11)20-6-9(7-20)13(21)14-4-3-5-22-2/h8-9H,3-7H2,1-2H3,(H,14,21). The number of carbonyl (C=O) groups is 1. The van der Waals surface area contributed by atoms with E-state index >= 15 is 0 Å². The van der Waals surface area contributed by atoms with Crippen molar-refractivity contribution in [3.8, 4) is 0 Å². The molecule has 0 atom stereocenters. The van der Waals surface area contributed by atoms with E-state index in [2.05, 4.69) is 25.6 Å². The van der Waals surface area contributed by atoms with Crippen LogP contribution in [0, 0.1) is 5.92 Å². The fraction of sp³-hybridized carbons (Fsp3) is 0.615. The maximum atomic E-state index is 12.0. The summed E-state index contributed by atoms with van der Waals surface area (Å²) < 4.78 is 6.57. The van der Waals surface area contributed by atoms with Crippen molar-refractivity contribution < 1.29 is 9.53 Å². The molecule has 0 saturated carbocycles. The largest absolute Gasteiger partial charge is 0.385 e. The van der Waals surface area contributed by atoms with Gasteiger partial charge in [-0.05, 0) is 6.42 Å². The molecule has 0 spiro atoms. The molecule has 3 rings (SSSR count). The van der Waals surface area contributed by atoms with E-state index in [1.165, 1.54) is 6.33 Å². The van der Waals surface area contributed by atoms with Crippen LogP contribution < -0.4 is 10.2 Å². The van der Waals surface area contributed by atoms with E-state index in [-0.39, 0.29) is 11.8 Å². The third kappa shape index (κ3) is 2.71. The Morgan fingerprint density at radius 3 is 3.05 bits per heavy atom. The molecule has 0 aliphatic carbocycles. The van der Waals surface area contributed by atoms with Crippen molar-refractivity contribution in [2.75, 3.05) is 38.3 Å². The average molecular weight is 305 g/mol. The molecule has 1 fully saturated rings. The summed E-state index contributed by atoms with van der Waals surface area (Å²) in [6.45, 7) is 2.57. The topological polar surface area (TPSA) is 98.1 Å². The van der Waals surface area contributed by atoms with Crippen LogP contribution in [0.1, 0.15) is 6.42 Å². The van der Waals surface area contributed by atoms with Crippen LogP contribution in [0.3, 0.4) is 0 Å². The van der Waals surface area contributed by atoms with Gasteiger partial charge in [-0.2, -0.15) is 0 Å². The van der Waals surface area contributed by atoms with Gasteiger partial charge in [0.1, 0.15) is 6.33 Å². The predicted molar refractivity (Wildman–Crippen MR) is 79.3 cm³/mol. The quantitative estimate of drug-likeness (QED) is 0.708. The van der Waals surface area contributed by atoms with Gasteiger partial charge in [0.25, 0.3) is 0 Å². The van der Waals surface area contributed by atoms with Crippen molar-refractivity contribution in [3.63, 3.8) is 0 Å². The number of hydrogen-bond acceptors (Lipinski definition) is 7. The van der Waals surface area contributed by atoms with Gasteiger partial charge in [0, 0.05) is 40.4 Å². The number of rotatable bonds is 6. The molecular formula is C13H19N7O2. The van der Waals surface area contributed by atoms with Crippen LogP contribution in [0.2, 0.25) is 0 Å². The van der Waals surface area contributed by atoms with Gasteiger partial charge in [-0.3, -0.25) is 4.79 Å². The number of carbonyl (C=O) groups excluding carboxylic acids is 1. The Hall–Kier alpha value is -2.29. The molecule has 0 bridgehead atoms. The van der Waals surface area contributed by atoms with Gasteiger partial charge in [0.2, 0.25) is 5.91 Å². The second-order valence-electron chi connectivity index (χ2n) is 5.32. The van der Waals surface area contributed by atoms with Crippen LogP contribution in [0.5, 0.6) is 0 Å². The average Bonchev–Trinajstić information content (AvgIpc) is 2.85. The van der Waals surface area contributed by atoms with Gasteiger partial charge in [-0.1, -0.05) is 5.21 Å². The Kier molecular flexibility index (Phi) is 4.14. The number of nitrogens with zero attached hydrogens (tertiary/aromatic N) is 6. The molecule has 0 radical (unpaired) electrons. The van der Waals surface area contributed by atoms with Gasteiger partial charge in [-0.25, -0.2) is 14.6 Å². The summed E-state index contributed by atoms with van der Waals surface area (Å²) in [6.07, 6.45) is 2.32. The number of amides is 1. The summed E-state index contributed by atoms with van der Waals surface area (Å²) in [6, 6.07) is 0. The zero-order valence-corrected chi connectivity index (χ0v) is 12.7. The maximum Gasteiger partial charge on any atom is 0.226 e. The summed E-state index contributed by atoms with van der Waals surface area (Å²) in [5.41, 5.74) is 1.36. The zero-order valence-electron chi connectivity index (χ0n) is 12.7. The van der Waals surface area contributed by atoms with Gasteiger partial charge in [0.15, 0.2) is 17.0 Å². The lowest BCUT2D eigenvalue weighted by atomic mass is 9.99. The van der Waals surface area contributed by atoms with E-state index in [1.54, 1.807) is 18.8 Å². The summed E-state index contributed by atoms with van der Waals surface area (Å²) in [7, 11) is 3.44. The Labute approximate surface area is 127 Å². The summed E-state index contributed by atoms with van der Waals surface area (Å²) >= 11 is 0. The van der Waals surface area contributed by atoms with Gasteiger partial charge in [0.05, 0.1) is 5.92 Å². The summed E-state index contributed by atoms with van der Waals surface area (Å²) in [4.78, 5) is 22.5. The molecule has 118 valence electrons. The molecule has 0 unspecified atom stereocenters. The fourth-order valence-electron chi connectivity index (χ4n) is 2.46. The molecule has 1 N–H and O–H groups in total. The number of hydrogen-bond donors (Lipinski definition) is 1. The molecule has 1 aliphatic heterocycles. The Bertz CT molecular complexity index is 665. The number of nitrogens with one attached hydrogen (secondary N) is 1. The molecule has 22 heavy (non-hydrogen) atoms. The number of fused-ring (bicyclic) bond motifs is 1. The first kappa shape index (κ1) is 14.6. The van der Waals surface area contributed by atoms with Crippen molar-refractivity contribution >= 4 is 22.9 Å². The van der Waals surface area contributed by atoms with E-state index in [4.69, 9.17) is 4.74 Å². The highest BCUT2D eigenvalue weighted by Crippen LogP contribution is 2.27. The van der Waals surface area contributed by atoms with E-state index in [0.717, 1.165) is 12.2 Å². The minimum Gasteiger partial charge on any atom is -0.385 e. The first-order chi connectivity index (χ1) is 10.7. The van der Waals surface area contributed by atoms with E-state index in [0.29, 0.717) is 37.4 Å². The van der Waals surface area contributed by atoms with Gasteiger partial charge in [-0.15, -0.1) is 5.10 Å². The monoisotopic (exact) mass is 305 g/mol. The summed E-state index contributed by atoms with van der Waals surface area (Å²) in [5.74, 6) is 0.808. The summed E-state index contributed by atoms with van der Waals surface area (Å²) in [5, 5.41) is 11.0. The highest BCUT2D eigenvalue weighted by Gasteiger charge is 2.34. The van der Waals surface area contributed by atoms with Crippen LogP contribution in [-0.4, -0.2) is 64.2 Å². The van der Waals surface area contributed by atoms with E-state index < -0.39 is 0 Å². The third-order valence-electron chi connectivity index (χ3n) is 3.75. The molecule has 2 aromatic heterocycles. The minimum absolute atomic E-state index is 0.00997. The molecule has 9 nitrogen and oxygen atoms in total. The smallest absolute Gasteiger partial charge is 0.226 e. The SMILES string of the molecule is COCCCNC(=O)C1CN(c2ncnc3c2nnn3C)C1. The lowest BCUT2D eigenvalue weighted by Crippen LogP contribution is -2.54. The van der Waals surface area contributed by atoms with Crippen molar-refractivity contribution in [1.82, 2.24) is 30.3 Å². The fourth-order valence-corrected chi connectivity index (χ4v) is 2.46. The number of ether oxygens (including phenoxy) is 1. The van der Waals surface area contributed by atoms with Gasteiger partial charge >= 0.3 is 0 Å². The zero-order chi connectivity index (χ0) is 15.5. The maximum absolute atomic E-state index is 12.0. The van der Waals surface area contributed by atoms with Crippen LogP contribution in [0.15, 0.2) is 6.33 Å². The number of aryl methyl sites for hydroxylation is 1. The van der Waals surface area contributed by atoms with Crippen LogP contribution in [0.25, 0.3) is 11.2 Å². The third-order valence-corrected chi connectivity index (χ3v) is 3.75. The Morgan fingerprint density at radius 1 is 1.45 bits per heavy atom. The second-order valence-corrected chi connectivity index (χ2v) is 5.32. The molecule has 2 aromatic rings. The van der Waals surface area contributed by atoms with E-state index in [9.17, 15) is 4.79 Å². The Morgan fingerprint density at radius 2 is 2.27 bits per heavy atom. The number of anilines is 1. The van der Waals surface area contributed by atoms with Crippen molar-refractivity contribution in [2.45, 2.75) is 6.42 Å². The Balaban J connectivity index is 1.57. The molecule has 0 aromatic carbocycles. The van der Waals surface area contributed by atoms with Crippen LogP contribution >= 0.6 is 0 Å². The molecule has 1 aliphatic rings. The highest BCUT2D eigenvalue weighted by atomic mass is 16.5. The highest BCUT2D eigenvalue weighted by molar-refractivity contribution is 5.86. The molecular weight excluding hydrogens is 286 g/mol. The number of methoxy groups -OCH3 is 1. The van der Waals surface area contributed by atoms with E-state index in [1.807, 2.05) is 4.90 Å². The molecule has 3 heterocycles. The predicted octanol–water partition coefficient (Wildman–Crippen LogP) is -0.653. The normalized spacial score (nSPS) is 15.1. The minimum atomic E-state index is -0.00997. The molecule has 1 saturated heterocycles. The van der Waals surface area contributed by atoms with Crippen molar-refractivity contribution in [3.05, 3.63) is 6.33 Å². The van der Waals surface area contributed by atoms with Crippen molar-refractivity contribution in [1.29, 1.82) is 0 Å². The first-order valence-electron chi connectivity index (χ1n) is 7.22. The van der Waals surface area contributed by atoms with Crippen LogP contribution in [-0.2, 0) is 16.6 Å². The lowest BCUT2D eigenvalue weighted by molar-refractivity contribution is -0.125. The van der Waals surface area contributed by atoms with Crippen molar-refractivity contribution in [2.24, 2.45) is 13.0 Å². The first-order valence-corrected chi connectivity index (χ1v) is 7.22. The van der Waals surface area contributed by atoms with Crippen LogP contribution in [0.4, 0.5) is 5.82 Å². The number of aromatic nitrogens is 5. The second kappa shape index (κ2) is 6.22.